The van der Waals surface area contributed by atoms with Crippen LogP contribution in [0.15, 0.2) is 5.38 Å². The van der Waals surface area contributed by atoms with Crippen LogP contribution in [-0.2, 0) is 20.8 Å². The number of piperidine rings is 1. The van der Waals surface area contributed by atoms with Gasteiger partial charge in [-0.1, -0.05) is 19.3 Å². The molecule has 0 bridgehead atoms. The number of imide groups is 1. The van der Waals surface area contributed by atoms with Crippen molar-refractivity contribution < 1.29 is 14.4 Å². The third kappa shape index (κ3) is 4.41. The van der Waals surface area contributed by atoms with Gasteiger partial charge in [0, 0.05) is 37.1 Å². The Balaban J connectivity index is 1.44. The molecule has 3 amide bonds. The second-order valence-electron chi connectivity index (χ2n) is 6.62. The molecule has 2 N–H and O–H groups in total. The van der Waals surface area contributed by atoms with Crippen molar-refractivity contribution in [3.63, 3.8) is 0 Å². The van der Waals surface area contributed by atoms with Crippen LogP contribution in [-0.4, -0.2) is 29.3 Å². The van der Waals surface area contributed by atoms with Crippen LogP contribution in [0.25, 0.3) is 0 Å². The molecular formula is C17H23N3O3S. The van der Waals surface area contributed by atoms with Crippen LogP contribution in [0.1, 0.15) is 61.6 Å². The van der Waals surface area contributed by atoms with Gasteiger partial charge in [0.05, 0.1) is 16.6 Å². The van der Waals surface area contributed by atoms with Gasteiger partial charge < -0.3 is 5.32 Å². The molecule has 1 aliphatic heterocycles. The maximum Gasteiger partial charge on any atom is 0.227 e. The van der Waals surface area contributed by atoms with Crippen LogP contribution in [0.5, 0.6) is 0 Å². The second-order valence-corrected chi connectivity index (χ2v) is 7.56. The minimum atomic E-state index is -0.541. The largest absolute Gasteiger partial charge is 0.355 e. The Morgan fingerprint density at radius 2 is 1.92 bits per heavy atom. The molecule has 1 saturated heterocycles. The normalized spacial score (nSPS) is 20.0. The Morgan fingerprint density at radius 1 is 1.21 bits per heavy atom. The van der Waals surface area contributed by atoms with Gasteiger partial charge in [-0.05, 0) is 12.8 Å². The summed E-state index contributed by atoms with van der Waals surface area (Å²) in [4.78, 5) is 39.4. The number of rotatable bonds is 5. The van der Waals surface area contributed by atoms with E-state index in [1.54, 1.807) is 11.3 Å². The predicted molar refractivity (Wildman–Crippen MR) is 90.5 cm³/mol. The van der Waals surface area contributed by atoms with Crippen LogP contribution in [0, 0.1) is 5.92 Å². The van der Waals surface area contributed by atoms with Crippen LogP contribution >= 0.6 is 11.3 Å². The van der Waals surface area contributed by atoms with E-state index >= 15 is 0 Å². The van der Waals surface area contributed by atoms with Crippen molar-refractivity contribution >= 4 is 29.1 Å². The highest BCUT2D eigenvalue weighted by molar-refractivity contribution is 7.09. The molecule has 1 saturated carbocycles. The fourth-order valence-corrected chi connectivity index (χ4v) is 4.31. The van der Waals surface area contributed by atoms with Gasteiger partial charge in [-0.2, -0.15) is 0 Å². The summed E-state index contributed by atoms with van der Waals surface area (Å²) in [6, 6.07) is 0. The molecule has 2 heterocycles. The van der Waals surface area contributed by atoms with E-state index in [0.717, 1.165) is 5.01 Å². The average molecular weight is 349 g/mol. The fraction of sp³-hybridized carbons (Fsp3) is 0.647. The Morgan fingerprint density at radius 3 is 2.62 bits per heavy atom. The van der Waals surface area contributed by atoms with E-state index in [4.69, 9.17) is 4.98 Å². The molecule has 1 aromatic heterocycles. The van der Waals surface area contributed by atoms with Crippen LogP contribution in [0.2, 0.25) is 0 Å². The third-order valence-electron chi connectivity index (χ3n) is 4.74. The lowest BCUT2D eigenvalue weighted by Gasteiger charge is -2.20. The minimum absolute atomic E-state index is 0.0840. The van der Waals surface area contributed by atoms with Gasteiger partial charge in [-0.25, -0.2) is 4.98 Å². The summed E-state index contributed by atoms with van der Waals surface area (Å²) in [7, 11) is 0. The number of carbonyl (C=O) groups excluding carboxylic acids is 3. The zero-order valence-electron chi connectivity index (χ0n) is 13.7. The lowest BCUT2D eigenvalue weighted by Crippen LogP contribution is -2.44. The first-order valence-electron chi connectivity index (χ1n) is 8.66. The van der Waals surface area contributed by atoms with Crippen LogP contribution < -0.4 is 10.6 Å². The van der Waals surface area contributed by atoms with Crippen molar-refractivity contribution in [2.45, 2.75) is 57.3 Å². The van der Waals surface area contributed by atoms with E-state index in [9.17, 15) is 14.4 Å². The number of thiazole rings is 1. The predicted octanol–water partition coefficient (Wildman–Crippen LogP) is 1.90. The van der Waals surface area contributed by atoms with Crippen molar-refractivity contribution in [3.05, 3.63) is 16.1 Å². The van der Waals surface area contributed by atoms with Gasteiger partial charge in [0.25, 0.3) is 0 Å². The van der Waals surface area contributed by atoms with Gasteiger partial charge >= 0.3 is 0 Å². The summed E-state index contributed by atoms with van der Waals surface area (Å²) < 4.78 is 0. The van der Waals surface area contributed by atoms with E-state index in [2.05, 4.69) is 16.0 Å². The molecule has 0 aromatic carbocycles. The Hall–Kier alpha value is -1.76. The number of hydrogen-bond acceptors (Lipinski definition) is 5. The Bertz CT molecular complexity index is 606. The molecule has 6 nitrogen and oxygen atoms in total. The lowest BCUT2D eigenvalue weighted by atomic mass is 9.87. The highest BCUT2D eigenvalue weighted by Gasteiger charge is 2.30. The number of nitrogens with zero attached hydrogens (tertiary/aromatic N) is 1. The molecule has 3 rings (SSSR count). The van der Waals surface area contributed by atoms with E-state index in [1.807, 2.05) is 0 Å². The first kappa shape index (κ1) is 17.1. The first-order valence-corrected chi connectivity index (χ1v) is 9.54. The SMILES string of the molecule is O=C1CC(C(=O)NCCc2nc(C3CCCCC3)cs2)CC(=O)N1. The average Bonchev–Trinajstić information content (AvgIpc) is 3.03. The number of hydrogen-bond donors (Lipinski definition) is 2. The Kier molecular flexibility index (Phi) is 5.60. The molecule has 0 spiro atoms. The maximum absolute atomic E-state index is 12.1. The lowest BCUT2D eigenvalue weighted by molar-refractivity contribution is -0.140. The summed E-state index contributed by atoms with van der Waals surface area (Å²) in [5, 5.41) is 8.23. The van der Waals surface area contributed by atoms with E-state index in [-0.39, 0.29) is 30.6 Å². The van der Waals surface area contributed by atoms with Crippen molar-refractivity contribution in [1.82, 2.24) is 15.6 Å². The van der Waals surface area contributed by atoms with E-state index < -0.39 is 5.92 Å². The molecule has 1 aromatic rings. The molecule has 2 fully saturated rings. The standard InChI is InChI=1S/C17H23N3O3S/c21-14-8-12(9-15(22)20-14)17(23)18-7-6-16-19-13(10-24-16)11-4-2-1-3-5-11/h10-12H,1-9H2,(H,18,23)(H,20,21,22). The van der Waals surface area contributed by atoms with Crippen molar-refractivity contribution in [3.8, 4) is 0 Å². The second kappa shape index (κ2) is 7.88. The van der Waals surface area contributed by atoms with E-state index in [0.29, 0.717) is 18.9 Å². The number of carbonyl (C=O) groups is 3. The molecule has 0 radical (unpaired) electrons. The Labute approximate surface area is 145 Å². The molecule has 2 aliphatic rings. The fourth-order valence-electron chi connectivity index (χ4n) is 3.43. The molecule has 0 unspecified atom stereocenters. The zero-order valence-corrected chi connectivity index (χ0v) is 14.5. The van der Waals surface area contributed by atoms with E-state index in [1.165, 1.54) is 37.8 Å². The molecule has 0 atom stereocenters. The highest BCUT2D eigenvalue weighted by atomic mass is 32.1. The summed E-state index contributed by atoms with van der Waals surface area (Å²) in [6.45, 7) is 0.489. The summed E-state index contributed by atoms with van der Waals surface area (Å²) in [5.41, 5.74) is 1.20. The zero-order chi connectivity index (χ0) is 16.9. The van der Waals surface area contributed by atoms with Gasteiger partial charge in [0.15, 0.2) is 0 Å². The van der Waals surface area contributed by atoms with Crippen LogP contribution in [0.3, 0.4) is 0 Å². The first-order chi connectivity index (χ1) is 11.6. The topological polar surface area (TPSA) is 88.2 Å². The molecule has 24 heavy (non-hydrogen) atoms. The summed E-state index contributed by atoms with van der Waals surface area (Å²) in [6.07, 6.45) is 7.25. The summed E-state index contributed by atoms with van der Waals surface area (Å²) >= 11 is 1.65. The van der Waals surface area contributed by atoms with Gasteiger partial charge in [-0.3, -0.25) is 19.7 Å². The molecule has 1 aliphatic carbocycles. The quantitative estimate of drug-likeness (QED) is 0.795. The smallest absolute Gasteiger partial charge is 0.227 e. The highest BCUT2D eigenvalue weighted by Crippen LogP contribution is 2.33. The van der Waals surface area contributed by atoms with Gasteiger partial charge in [-0.15, -0.1) is 11.3 Å². The third-order valence-corrected chi connectivity index (χ3v) is 5.67. The number of amides is 3. The maximum atomic E-state index is 12.1. The van der Waals surface area contributed by atoms with Gasteiger partial charge in [0.1, 0.15) is 0 Å². The molecular weight excluding hydrogens is 326 g/mol. The minimum Gasteiger partial charge on any atom is -0.355 e. The monoisotopic (exact) mass is 349 g/mol. The molecule has 130 valence electrons. The van der Waals surface area contributed by atoms with Crippen molar-refractivity contribution in [1.29, 1.82) is 0 Å². The number of aromatic nitrogens is 1. The van der Waals surface area contributed by atoms with Crippen molar-refractivity contribution in [2.24, 2.45) is 5.92 Å². The number of nitrogens with one attached hydrogen (secondary N) is 2. The molecule has 7 heteroatoms. The van der Waals surface area contributed by atoms with Crippen LogP contribution in [0.4, 0.5) is 0 Å². The van der Waals surface area contributed by atoms with Crippen molar-refractivity contribution in [2.75, 3.05) is 6.54 Å². The summed E-state index contributed by atoms with van der Waals surface area (Å²) in [5.74, 6) is -0.903. The van der Waals surface area contributed by atoms with Gasteiger partial charge in [0.2, 0.25) is 17.7 Å².